The van der Waals surface area contributed by atoms with Gasteiger partial charge >= 0.3 is 0 Å². The Balaban J connectivity index is 1.48. The summed E-state index contributed by atoms with van der Waals surface area (Å²) >= 11 is 0. The number of halogens is 2. The van der Waals surface area contributed by atoms with Crippen LogP contribution < -0.4 is 10.5 Å². The molecule has 0 unspecified atom stereocenters. The number of hydrogen-bond donors (Lipinski definition) is 1. The van der Waals surface area contributed by atoms with Crippen LogP contribution in [-0.2, 0) is 16.0 Å². The minimum absolute atomic E-state index is 0.154. The molecule has 1 fully saturated rings. The van der Waals surface area contributed by atoms with Crippen molar-refractivity contribution in [3.8, 4) is 5.75 Å². The summed E-state index contributed by atoms with van der Waals surface area (Å²) < 4.78 is 32.1. The fourth-order valence-electron chi connectivity index (χ4n) is 4.29. The van der Waals surface area contributed by atoms with E-state index in [4.69, 9.17) is 10.5 Å². The lowest BCUT2D eigenvalue weighted by molar-refractivity contribution is -0.140. The Labute approximate surface area is 184 Å². The van der Waals surface area contributed by atoms with Gasteiger partial charge in [-0.1, -0.05) is 30.3 Å². The van der Waals surface area contributed by atoms with Gasteiger partial charge in [0.25, 0.3) is 5.91 Å². The van der Waals surface area contributed by atoms with Crippen LogP contribution in [0.4, 0.5) is 8.78 Å². The van der Waals surface area contributed by atoms with Gasteiger partial charge < -0.3 is 15.4 Å². The molecule has 2 aromatic carbocycles. The molecule has 0 aliphatic carbocycles. The van der Waals surface area contributed by atoms with E-state index in [2.05, 4.69) is 5.10 Å². The smallest absolute Gasteiger partial charge is 0.256 e. The van der Waals surface area contributed by atoms with Crippen molar-refractivity contribution in [1.29, 1.82) is 0 Å². The second-order valence-corrected chi connectivity index (χ2v) is 8.12. The molecule has 4 rings (SSSR count). The van der Waals surface area contributed by atoms with E-state index in [0.717, 1.165) is 23.4 Å². The third kappa shape index (κ3) is 4.08. The number of carbonyl (C=O) groups is 2. The molecule has 0 aromatic heterocycles. The Morgan fingerprint density at radius 2 is 2.00 bits per heavy atom. The Hall–Kier alpha value is -3.33. The zero-order chi connectivity index (χ0) is 22.9. The van der Waals surface area contributed by atoms with Crippen molar-refractivity contribution in [2.45, 2.75) is 18.9 Å². The molecule has 0 saturated carbocycles. The zero-order valence-electron chi connectivity index (χ0n) is 17.6. The topological polar surface area (TPSA) is 88.2 Å². The monoisotopic (exact) mass is 442 g/mol. The summed E-state index contributed by atoms with van der Waals surface area (Å²) in [6.45, 7) is 0.244. The molecule has 0 bridgehead atoms. The van der Waals surface area contributed by atoms with Gasteiger partial charge in [0.15, 0.2) is 11.6 Å². The highest BCUT2D eigenvalue weighted by atomic mass is 19.1. The number of nitrogens with zero attached hydrogens (tertiary/aromatic N) is 3. The minimum atomic E-state index is -1.07. The average molecular weight is 442 g/mol. The number of piperidine rings is 1. The largest absolute Gasteiger partial charge is 0.488 e. The summed E-state index contributed by atoms with van der Waals surface area (Å²) in [4.78, 5) is 27.7. The fraction of sp³-hybridized carbons (Fsp3) is 0.348. The van der Waals surface area contributed by atoms with Crippen molar-refractivity contribution >= 4 is 17.5 Å². The van der Waals surface area contributed by atoms with Crippen LogP contribution in [0.2, 0.25) is 0 Å². The Kier molecular flexibility index (Phi) is 5.92. The number of fused-ring (bicyclic) bond motifs is 1. The van der Waals surface area contributed by atoms with E-state index < -0.39 is 29.0 Å². The minimum Gasteiger partial charge on any atom is -0.488 e. The summed E-state index contributed by atoms with van der Waals surface area (Å²) in [6, 6.07) is 11.4. The number of rotatable bonds is 6. The van der Waals surface area contributed by atoms with Crippen LogP contribution in [0.1, 0.15) is 12.0 Å². The summed E-state index contributed by atoms with van der Waals surface area (Å²) in [5, 5.41) is 5.77. The second-order valence-electron chi connectivity index (χ2n) is 8.12. The molecule has 2 atom stereocenters. The number of ether oxygens (including phenoxy) is 1. The van der Waals surface area contributed by atoms with E-state index in [9.17, 15) is 18.4 Å². The first kappa shape index (κ1) is 21.9. The Morgan fingerprint density at radius 1 is 1.25 bits per heavy atom. The number of nitrogens with two attached hydrogens (primary N) is 1. The van der Waals surface area contributed by atoms with Gasteiger partial charge in [-0.3, -0.25) is 9.59 Å². The lowest BCUT2D eigenvalue weighted by Gasteiger charge is -2.40. The quantitative estimate of drug-likeness (QED) is 0.741. The van der Waals surface area contributed by atoms with Gasteiger partial charge in [-0.25, -0.2) is 13.8 Å². The van der Waals surface area contributed by atoms with Crippen LogP contribution >= 0.6 is 0 Å². The summed E-state index contributed by atoms with van der Waals surface area (Å²) in [6.07, 6.45) is 0.876. The number of hydrazone groups is 1. The van der Waals surface area contributed by atoms with Crippen LogP contribution in [-0.4, -0.2) is 60.2 Å². The first-order valence-electron chi connectivity index (χ1n) is 10.3. The molecular formula is C23H24F2N4O3. The first-order valence-corrected chi connectivity index (χ1v) is 10.3. The second kappa shape index (κ2) is 8.66. The maximum Gasteiger partial charge on any atom is 0.256 e. The molecule has 2 heterocycles. The number of amides is 2. The highest BCUT2D eigenvalue weighted by molar-refractivity contribution is 6.13. The fourth-order valence-corrected chi connectivity index (χ4v) is 4.29. The third-order valence-electron chi connectivity index (χ3n) is 5.90. The van der Waals surface area contributed by atoms with Crippen molar-refractivity contribution in [1.82, 2.24) is 9.91 Å². The lowest BCUT2D eigenvalue weighted by Crippen LogP contribution is -2.58. The van der Waals surface area contributed by atoms with E-state index in [0.29, 0.717) is 25.5 Å². The Bertz CT molecular complexity index is 1060. The molecule has 7 nitrogen and oxygen atoms in total. The van der Waals surface area contributed by atoms with Crippen LogP contribution in [0.25, 0.3) is 0 Å². The van der Waals surface area contributed by atoms with Gasteiger partial charge in [0.05, 0.1) is 5.71 Å². The van der Waals surface area contributed by atoms with Gasteiger partial charge in [-0.05, 0) is 24.1 Å². The van der Waals surface area contributed by atoms with Crippen LogP contribution in [0.5, 0.6) is 5.75 Å². The van der Waals surface area contributed by atoms with Crippen molar-refractivity contribution in [2.24, 2.45) is 16.3 Å². The van der Waals surface area contributed by atoms with E-state index in [1.54, 1.807) is 11.9 Å². The number of likely N-dealkylation sites (tertiary alicyclic amines) is 1. The van der Waals surface area contributed by atoms with Crippen molar-refractivity contribution in [3.05, 3.63) is 65.7 Å². The number of hydrogen-bond acceptors (Lipinski definition) is 5. The maximum atomic E-state index is 13.8. The number of carbonyl (C=O) groups excluding carboxylic acids is 2. The highest BCUT2D eigenvalue weighted by Gasteiger charge is 2.53. The molecule has 2 aliphatic heterocycles. The molecule has 0 radical (unpaired) electrons. The molecule has 2 aromatic rings. The van der Waals surface area contributed by atoms with Crippen molar-refractivity contribution in [3.63, 3.8) is 0 Å². The van der Waals surface area contributed by atoms with Crippen LogP contribution in [0.15, 0.2) is 53.6 Å². The molecular weight excluding hydrogens is 418 g/mol. The van der Waals surface area contributed by atoms with Crippen LogP contribution in [0.3, 0.4) is 0 Å². The summed E-state index contributed by atoms with van der Waals surface area (Å²) in [5.74, 6) is -2.34. The van der Waals surface area contributed by atoms with Crippen molar-refractivity contribution < 1.29 is 23.1 Å². The van der Waals surface area contributed by atoms with Gasteiger partial charge in [-0.2, -0.15) is 5.10 Å². The Morgan fingerprint density at radius 3 is 2.72 bits per heavy atom. The standard InChI is InChI=1S/C23H24F2N4O3/c1-28-22(31)23(12-15-5-3-2-4-6-15)14-29(10-9-20(23)27-28)21(30)18(26)13-32-19-8-7-16(24)11-17(19)25/h2-8,11,18H,9-10,12-14,26H2,1H3/t18-,23-/m1/s1. The van der Waals surface area contributed by atoms with E-state index in [1.165, 1.54) is 5.01 Å². The predicted molar refractivity (Wildman–Crippen MR) is 114 cm³/mol. The molecule has 2 aliphatic rings. The normalized spacial score (nSPS) is 21.2. The maximum absolute atomic E-state index is 13.8. The average Bonchev–Trinajstić information content (AvgIpc) is 3.02. The molecule has 1 saturated heterocycles. The van der Waals surface area contributed by atoms with E-state index >= 15 is 0 Å². The molecule has 168 valence electrons. The van der Waals surface area contributed by atoms with Crippen LogP contribution in [0, 0.1) is 17.0 Å². The van der Waals surface area contributed by atoms with E-state index in [1.807, 2.05) is 30.3 Å². The summed E-state index contributed by atoms with van der Waals surface area (Å²) in [7, 11) is 1.61. The SMILES string of the molecule is CN1N=C2CCN(C(=O)[C@H](N)COc3ccc(F)cc3F)C[C@@]2(Cc2ccccc2)C1=O. The molecule has 2 amide bonds. The number of benzene rings is 2. The first-order chi connectivity index (χ1) is 15.3. The lowest BCUT2D eigenvalue weighted by atomic mass is 9.73. The van der Waals surface area contributed by atoms with Gasteiger partial charge in [0, 0.05) is 32.6 Å². The van der Waals surface area contributed by atoms with Gasteiger partial charge in [0.1, 0.15) is 23.9 Å². The molecule has 0 spiro atoms. The van der Waals surface area contributed by atoms with Gasteiger partial charge in [0.2, 0.25) is 5.91 Å². The zero-order valence-corrected chi connectivity index (χ0v) is 17.6. The third-order valence-corrected chi connectivity index (χ3v) is 5.90. The van der Waals surface area contributed by atoms with Crippen molar-refractivity contribution in [2.75, 3.05) is 26.7 Å². The molecule has 2 N–H and O–H groups in total. The molecule has 32 heavy (non-hydrogen) atoms. The predicted octanol–water partition coefficient (Wildman–Crippen LogP) is 1.96. The van der Waals surface area contributed by atoms with E-state index in [-0.39, 0.29) is 24.8 Å². The molecule has 9 heteroatoms. The highest BCUT2D eigenvalue weighted by Crippen LogP contribution is 2.38. The van der Waals surface area contributed by atoms with Gasteiger partial charge in [-0.15, -0.1) is 0 Å². The summed E-state index contributed by atoms with van der Waals surface area (Å²) in [5.41, 5.74) is 6.83.